The molecule has 0 aliphatic heterocycles. The van der Waals surface area contributed by atoms with E-state index in [2.05, 4.69) is 24.2 Å². The minimum absolute atomic E-state index is 0.157. The predicted molar refractivity (Wildman–Crippen MR) is 82.5 cm³/mol. The van der Waals surface area contributed by atoms with E-state index in [1.807, 2.05) is 0 Å². The molecule has 2 aliphatic carbocycles. The summed E-state index contributed by atoms with van der Waals surface area (Å²) in [6.45, 7) is 3.01. The van der Waals surface area contributed by atoms with Crippen LogP contribution in [0.1, 0.15) is 64.7 Å². The number of nitrogens with one attached hydrogen (secondary N) is 1. The first-order valence-corrected chi connectivity index (χ1v) is 8.36. The van der Waals surface area contributed by atoms with Crippen LogP contribution in [0.15, 0.2) is 0 Å². The zero-order valence-corrected chi connectivity index (χ0v) is 13.2. The Morgan fingerprint density at radius 3 is 2.50 bits per heavy atom. The third-order valence-corrected chi connectivity index (χ3v) is 5.39. The number of carbonyl (C=O) groups is 1. The number of carbonyl (C=O) groups excluding carboxylic acids is 1. The molecule has 4 heteroatoms. The molecule has 0 spiro atoms. The summed E-state index contributed by atoms with van der Waals surface area (Å²) in [7, 11) is 2.25. The van der Waals surface area contributed by atoms with Gasteiger partial charge in [-0.3, -0.25) is 4.79 Å². The lowest BCUT2D eigenvalue weighted by molar-refractivity contribution is -0.126. The van der Waals surface area contributed by atoms with Gasteiger partial charge in [0.05, 0.1) is 5.54 Å². The molecule has 0 bridgehead atoms. The molecule has 0 saturated heterocycles. The molecule has 2 fully saturated rings. The lowest BCUT2D eigenvalue weighted by Crippen LogP contribution is -2.61. The highest BCUT2D eigenvalue weighted by atomic mass is 16.1. The van der Waals surface area contributed by atoms with Gasteiger partial charge in [-0.2, -0.15) is 0 Å². The second-order valence-corrected chi connectivity index (χ2v) is 6.73. The van der Waals surface area contributed by atoms with Gasteiger partial charge in [-0.15, -0.1) is 0 Å². The van der Waals surface area contributed by atoms with E-state index < -0.39 is 5.54 Å². The lowest BCUT2D eigenvalue weighted by atomic mass is 9.77. The summed E-state index contributed by atoms with van der Waals surface area (Å²) in [5, 5.41) is 3.46. The smallest absolute Gasteiger partial charge is 0.237 e. The van der Waals surface area contributed by atoms with Crippen LogP contribution in [0.4, 0.5) is 0 Å². The van der Waals surface area contributed by atoms with Gasteiger partial charge in [0.25, 0.3) is 0 Å². The Labute approximate surface area is 123 Å². The Kier molecular flexibility index (Phi) is 5.44. The van der Waals surface area contributed by atoms with Crippen LogP contribution in [0.5, 0.6) is 0 Å². The fourth-order valence-corrected chi connectivity index (χ4v) is 4.04. The summed E-state index contributed by atoms with van der Waals surface area (Å²) in [5.74, 6) is -0.157. The third-order valence-electron chi connectivity index (χ3n) is 5.39. The topological polar surface area (TPSA) is 58.4 Å². The van der Waals surface area contributed by atoms with Gasteiger partial charge >= 0.3 is 0 Å². The number of nitrogens with zero attached hydrogens (tertiary/aromatic N) is 1. The summed E-state index contributed by atoms with van der Waals surface area (Å²) in [6.07, 6.45) is 10.5. The molecule has 2 rings (SSSR count). The average Bonchev–Trinajstić information content (AvgIpc) is 2.98. The highest BCUT2D eigenvalue weighted by molar-refractivity contribution is 5.84. The first-order valence-electron chi connectivity index (χ1n) is 8.36. The van der Waals surface area contributed by atoms with Gasteiger partial charge in [0.2, 0.25) is 5.91 Å². The van der Waals surface area contributed by atoms with Crippen molar-refractivity contribution in [1.82, 2.24) is 10.2 Å². The number of primary amides is 1. The van der Waals surface area contributed by atoms with Crippen LogP contribution < -0.4 is 11.1 Å². The van der Waals surface area contributed by atoms with Crippen molar-refractivity contribution >= 4 is 5.91 Å². The predicted octanol–water partition coefficient (Wildman–Crippen LogP) is 2.03. The van der Waals surface area contributed by atoms with Crippen molar-refractivity contribution in [3.05, 3.63) is 0 Å². The van der Waals surface area contributed by atoms with Gasteiger partial charge in [0.15, 0.2) is 0 Å². The molecule has 116 valence electrons. The van der Waals surface area contributed by atoms with Crippen LogP contribution in [0.2, 0.25) is 0 Å². The van der Waals surface area contributed by atoms with Gasteiger partial charge in [0.1, 0.15) is 0 Å². The van der Waals surface area contributed by atoms with Gasteiger partial charge in [-0.1, -0.05) is 19.8 Å². The van der Waals surface area contributed by atoms with Crippen LogP contribution in [0.25, 0.3) is 0 Å². The standard InChI is InChI=1S/C16H31N3O/c1-3-11-18-16(15(17)20)10-6-9-14(12-16)19(2)13-7-4-5-8-13/h13-14,18H,3-12H2,1-2H3,(H2,17,20). The largest absolute Gasteiger partial charge is 0.368 e. The van der Waals surface area contributed by atoms with Crippen molar-refractivity contribution in [1.29, 1.82) is 0 Å². The minimum Gasteiger partial charge on any atom is -0.368 e. The Morgan fingerprint density at radius 1 is 1.25 bits per heavy atom. The molecule has 0 aromatic heterocycles. The third kappa shape index (κ3) is 3.34. The molecule has 20 heavy (non-hydrogen) atoms. The van der Waals surface area contributed by atoms with E-state index >= 15 is 0 Å². The van der Waals surface area contributed by atoms with E-state index in [-0.39, 0.29) is 5.91 Å². The van der Waals surface area contributed by atoms with Gasteiger partial charge in [-0.05, 0) is 58.5 Å². The molecule has 2 saturated carbocycles. The number of hydrogen-bond acceptors (Lipinski definition) is 3. The Balaban J connectivity index is 2.02. The molecule has 4 nitrogen and oxygen atoms in total. The lowest BCUT2D eigenvalue weighted by Gasteiger charge is -2.44. The number of hydrogen-bond donors (Lipinski definition) is 2. The number of rotatable bonds is 6. The van der Waals surface area contributed by atoms with E-state index in [0.29, 0.717) is 6.04 Å². The maximum atomic E-state index is 12.0. The van der Waals surface area contributed by atoms with Crippen molar-refractivity contribution in [2.24, 2.45) is 5.73 Å². The van der Waals surface area contributed by atoms with Crippen molar-refractivity contribution in [2.45, 2.75) is 82.3 Å². The molecule has 3 N–H and O–H groups in total. The van der Waals surface area contributed by atoms with E-state index in [0.717, 1.165) is 38.3 Å². The first kappa shape index (κ1) is 15.8. The second-order valence-electron chi connectivity index (χ2n) is 6.73. The summed E-state index contributed by atoms with van der Waals surface area (Å²) in [6, 6.07) is 1.22. The van der Waals surface area contributed by atoms with E-state index in [9.17, 15) is 4.79 Å². The van der Waals surface area contributed by atoms with Crippen LogP contribution in [0.3, 0.4) is 0 Å². The van der Waals surface area contributed by atoms with E-state index in [1.165, 1.54) is 32.1 Å². The molecule has 2 unspecified atom stereocenters. The Morgan fingerprint density at radius 2 is 1.90 bits per heavy atom. The minimum atomic E-state index is -0.466. The fraction of sp³-hybridized carbons (Fsp3) is 0.938. The van der Waals surface area contributed by atoms with Gasteiger partial charge < -0.3 is 16.0 Å². The number of nitrogens with two attached hydrogens (primary N) is 1. The molecular formula is C16H31N3O. The monoisotopic (exact) mass is 281 g/mol. The fourth-order valence-electron chi connectivity index (χ4n) is 4.04. The zero-order chi connectivity index (χ0) is 14.6. The van der Waals surface area contributed by atoms with E-state index in [4.69, 9.17) is 5.73 Å². The first-order chi connectivity index (χ1) is 9.59. The van der Waals surface area contributed by atoms with E-state index in [1.54, 1.807) is 0 Å². The zero-order valence-electron chi connectivity index (χ0n) is 13.2. The van der Waals surface area contributed by atoms with Crippen LogP contribution >= 0.6 is 0 Å². The molecule has 0 aromatic carbocycles. The van der Waals surface area contributed by atoms with Crippen LogP contribution in [-0.4, -0.2) is 42.0 Å². The highest BCUT2D eigenvalue weighted by Gasteiger charge is 2.42. The maximum Gasteiger partial charge on any atom is 0.237 e. The van der Waals surface area contributed by atoms with Crippen molar-refractivity contribution in [3.8, 4) is 0 Å². The van der Waals surface area contributed by atoms with Crippen molar-refractivity contribution in [3.63, 3.8) is 0 Å². The Bertz CT molecular complexity index is 328. The molecule has 1 amide bonds. The van der Waals surface area contributed by atoms with Gasteiger partial charge in [0, 0.05) is 12.1 Å². The van der Waals surface area contributed by atoms with Gasteiger partial charge in [-0.25, -0.2) is 0 Å². The summed E-state index contributed by atoms with van der Waals surface area (Å²) in [5.41, 5.74) is 5.27. The number of amides is 1. The maximum absolute atomic E-state index is 12.0. The summed E-state index contributed by atoms with van der Waals surface area (Å²) >= 11 is 0. The normalized spacial score (nSPS) is 31.9. The molecule has 0 aromatic rings. The summed E-state index contributed by atoms with van der Waals surface area (Å²) < 4.78 is 0. The molecule has 2 atom stereocenters. The van der Waals surface area contributed by atoms with Crippen LogP contribution in [-0.2, 0) is 4.79 Å². The van der Waals surface area contributed by atoms with Crippen molar-refractivity contribution in [2.75, 3.05) is 13.6 Å². The average molecular weight is 281 g/mol. The molecule has 0 heterocycles. The Hall–Kier alpha value is -0.610. The molecule has 2 aliphatic rings. The van der Waals surface area contributed by atoms with Crippen molar-refractivity contribution < 1.29 is 4.79 Å². The quantitative estimate of drug-likeness (QED) is 0.783. The molecule has 0 radical (unpaired) electrons. The SMILES string of the molecule is CCCNC1(C(N)=O)CCCC(N(C)C2CCCC2)C1. The second kappa shape index (κ2) is 6.90. The molecular weight excluding hydrogens is 250 g/mol. The van der Waals surface area contributed by atoms with Crippen LogP contribution in [0, 0.1) is 0 Å². The highest BCUT2D eigenvalue weighted by Crippen LogP contribution is 2.34. The summed E-state index contributed by atoms with van der Waals surface area (Å²) in [4.78, 5) is 14.6.